The van der Waals surface area contributed by atoms with Crippen LogP contribution in [-0.4, -0.2) is 17.9 Å². The second-order valence-electron chi connectivity index (χ2n) is 6.13. The zero-order chi connectivity index (χ0) is 21.3. The molecule has 0 aliphatic carbocycles. The molecule has 0 radical (unpaired) electrons. The molecule has 0 heterocycles. The first-order chi connectivity index (χ1) is 14.5. The molecule has 3 rings (SSSR count). The number of hydrogen-bond acceptors (Lipinski definition) is 6. The van der Waals surface area contributed by atoms with Gasteiger partial charge >= 0.3 is 12.1 Å². The number of ketones is 1. The summed E-state index contributed by atoms with van der Waals surface area (Å²) in [5.74, 6) is -0.0568. The number of carbonyl (C=O) groups excluding carboxylic acids is 3. The molecule has 0 saturated carbocycles. The maximum Gasteiger partial charge on any atom is 0.514 e. The summed E-state index contributed by atoms with van der Waals surface area (Å²) in [5.41, 5.74) is 1.75. The lowest BCUT2D eigenvalue weighted by Crippen LogP contribution is -2.10. The summed E-state index contributed by atoms with van der Waals surface area (Å²) in [6.45, 7) is 3.31. The van der Waals surface area contributed by atoms with Crippen molar-refractivity contribution in [3.8, 4) is 11.5 Å². The van der Waals surface area contributed by atoms with Gasteiger partial charge in [-0.15, -0.1) is 0 Å². The Bertz CT molecular complexity index is 1040. The zero-order valence-electron chi connectivity index (χ0n) is 15.9. The first kappa shape index (κ1) is 20.5. The molecule has 0 saturated heterocycles. The van der Waals surface area contributed by atoms with Crippen molar-refractivity contribution in [2.75, 3.05) is 0 Å². The molecule has 0 fully saturated rings. The van der Waals surface area contributed by atoms with E-state index in [1.165, 1.54) is 12.1 Å². The largest absolute Gasteiger partial charge is 0.514 e. The van der Waals surface area contributed by atoms with E-state index in [9.17, 15) is 14.4 Å². The minimum atomic E-state index is -0.876. The Morgan fingerprint density at radius 2 is 1.30 bits per heavy atom. The second kappa shape index (κ2) is 9.84. The van der Waals surface area contributed by atoms with Crippen LogP contribution in [-0.2, 0) is 16.1 Å². The Hall–Kier alpha value is -4.19. The number of ether oxygens (including phenoxy) is 3. The third-order valence-electron chi connectivity index (χ3n) is 4.02. The Labute approximate surface area is 173 Å². The first-order valence-electron chi connectivity index (χ1n) is 9.03. The van der Waals surface area contributed by atoms with Crippen LogP contribution in [0.3, 0.4) is 0 Å². The van der Waals surface area contributed by atoms with E-state index in [0.717, 1.165) is 6.08 Å². The monoisotopic (exact) mass is 402 g/mol. The fraction of sp³-hybridized carbons (Fsp3) is 0.0417. The van der Waals surface area contributed by atoms with Crippen molar-refractivity contribution < 1.29 is 28.6 Å². The average molecular weight is 402 g/mol. The van der Waals surface area contributed by atoms with Gasteiger partial charge in [0.2, 0.25) is 0 Å². The van der Waals surface area contributed by atoms with Gasteiger partial charge in [-0.05, 0) is 42.0 Å². The molecule has 6 heteroatoms. The highest BCUT2D eigenvalue weighted by atomic mass is 16.7. The van der Waals surface area contributed by atoms with Crippen LogP contribution in [0.5, 0.6) is 11.5 Å². The number of rotatable bonds is 7. The molecule has 0 atom stereocenters. The summed E-state index contributed by atoms with van der Waals surface area (Å²) in [7, 11) is 0. The van der Waals surface area contributed by atoms with Crippen LogP contribution in [0.25, 0.3) is 0 Å². The van der Waals surface area contributed by atoms with Crippen molar-refractivity contribution in [1.82, 2.24) is 0 Å². The SMILES string of the molecule is C=CC(=O)Oc1ccc(COC(=O)Oc2ccc(C(=O)c3ccccc3)cc2)cc1. The second-order valence-corrected chi connectivity index (χ2v) is 6.13. The van der Waals surface area contributed by atoms with Gasteiger partial charge in [-0.1, -0.05) is 49.0 Å². The molecule has 0 aromatic heterocycles. The van der Waals surface area contributed by atoms with Gasteiger partial charge in [0.25, 0.3) is 0 Å². The fourth-order valence-electron chi connectivity index (χ4n) is 2.51. The summed E-state index contributed by atoms with van der Waals surface area (Å²) >= 11 is 0. The smallest absolute Gasteiger partial charge is 0.429 e. The van der Waals surface area contributed by atoms with E-state index >= 15 is 0 Å². The molecular formula is C24H18O6. The summed E-state index contributed by atoms with van der Waals surface area (Å²) in [6.07, 6.45) is 0.191. The van der Waals surface area contributed by atoms with Crippen molar-refractivity contribution >= 4 is 17.9 Å². The number of esters is 1. The molecule has 0 aliphatic heterocycles. The molecule has 0 unspecified atom stereocenters. The van der Waals surface area contributed by atoms with Crippen molar-refractivity contribution in [3.63, 3.8) is 0 Å². The maximum absolute atomic E-state index is 12.4. The van der Waals surface area contributed by atoms with E-state index in [2.05, 4.69) is 6.58 Å². The molecule has 150 valence electrons. The fourth-order valence-corrected chi connectivity index (χ4v) is 2.51. The van der Waals surface area contributed by atoms with Crippen LogP contribution in [0.15, 0.2) is 91.5 Å². The topological polar surface area (TPSA) is 78.9 Å². The third kappa shape index (κ3) is 5.65. The van der Waals surface area contributed by atoms with E-state index in [0.29, 0.717) is 22.4 Å². The molecule has 0 spiro atoms. The normalized spacial score (nSPS) is 10.0. The number of carbonyl (C=O) groups is 3. The third-order valence-corrected chi connectivity index (χ3v) is 4.02. The molecular weight excluding hydrogens is 384 g/mol. The van der Waals surface area contributed by atoms with Crippen molar-refractivity contribution in [3.05, 3.63) is 108 Å². The van der Waals surface area contributed by atoms with Crippen molar-refractivity contribution in [2.45, 2.75) is 6.61 Å². The van der Waals surface area contributed by atoms with E-state index in [4.69, 9.17) is 14.2 Å². The Kier molecular flexibility index (Phi) is 6.74. The van der Waals surface area contributed by atoms with Crippen LogP contribution >= 0.6 is 0 Å². The lowest BCUT2D eigenvalue weighted by Gasteiger charge is -2.07. The maximum atomic E-state index is 12.4. The van der Waals surface area contributed by atoms with Gasteiger partial charge in [-0.2, -0.15) is 0 Å². The van der Waals surface area contributed by atoms with E-state index in [-0.39, 0.29) is 18.1 Å². The predicted molar refractivity (Wildman–Crippen MR) is 109 cm³/mol. The zero-order valence-corrected chi connectivity index (χ0v) is 15.9. The highest BCUT2D eigenvalue weighted by Crippen LogP contribution is 2.17. The van der Waals surface area contributed by atoms with Gasteiger partial charge in [-0.25, -0.2) is 9.59 Å². The lowest BCUT2D eigenvalue weighted by atomic mass is 10.0. The molecule has 0 aliphatic rings. The van der Waals surface area contributed by atoms with Gasteiger partial charge in [0.15, 0.2) is 5.78 Å². The van der Waals surface area contributed by atoms with Gasteiger partial charge in [0, 0.05) is 17.2 Å². The van der Waals surface area contributed by atoms with Gasteiger partial charge in [-0.3, -0.25) is 4.79 Å². The van der Waals surface area contributed by atoms with Crippen LogP contribution in [0.2, 0.25) is 0 Å². The Balaban J connectivity index is 1.51. The lowest BCUT2D eigenvalue weighted by molar-refractivity contribution is -0.128. The molecule has 3 aromatic carbocycles. The van der Waals surface area contributed by atoms with Gasteiger partial charge < -0.3 is 14.2 Å². The van der Waals surface area contributed by atoms with E-state index in [1.807, 2.05) is 6.07 Å². The molecule has 6 nitrogen and oxygen atoms in total. The minimum absolute atomic E-state index is 0.0148. The predicted octanol–water partition coefficient (Wildman–Crippen LogP) is 4.72. The molecule has 0 N–H and O–H groups in total. The molecule has 30 heavy (non-hydrogen) atoms. The van der Waals surface area contributed by atoms with Gasteiger partial charge in [0.05, 0.1) is 0 Å². The number of benzene rings is 3. The molecule has 0 bridgehead atoms. The Morgan fingerprint density at radius 1 is 0.733 bits per heavy atom. The summed E-state index contributed by atoms with van der Waals surface area (Å²) in [6, 6.07) is 21.6. The average Bonchev–Trinajstić information content (AvgIpc) is 2.79. The van der Waals surface area contributed by atoms with E-state index in [1.54, 1.807) is 60.7 Å². The van der Waals surface area contributed by atoms with E-state index < -0.39 is 12.1 Å². The molecule has 0 amide bonds. The van der Waals surface area contributed by atoms with Crippen LogP contribution in [0, 0.1) is 0 Å². The summed E-state index contributed by atoms with van der Waals surface area (Å²) in [5, 5.41) is 0. The van der Waals surface area contributed by atoms with Crippen molar-refractivity contribution in [1.29, 1.82) is 0 Å². The minimum Gasteiger partial charge on any atom is -0.429 e. The van der Waals surface area contributed by atoms with Crippen molar-refractivity contribution in [2.24, 2.45) is 0 Å². The number of hydrogen-bond donors (Lipinski definition) is 0. The summed E-state index contributed by atoms with van der Waals surface area (Å²) in [4.78, 5) is 35.4. The highest BCUT2D eigenvalue weighted by Gasteiger charge is 2.11. The summed E-state index contributed by atoms with van der Waals surface area (Å²) < 4.78 is 15.1. The van der Waals surface area contributed by atoms with Crippen LogP contribution in [0.4, 0.5) is 4.79 Å². The Morgan fingerprint density at radius 3 is 1.93 bits per heavy atom. The highest BCUT2D eigenvalue weighted by molar-refractivity contribution is 6.09. The molecule has 3 aromatic rings. The van der Waals surface area contributed by atoms with Gasteiger partial charge in [0.1, 0.15) is 18.1 Å². The standard InChI is InChI=1S/C24H18O6/c1-2-22(25)29-20-12-8-17(9-13-20)16-28-24(27)30-21-14-10-19(11-15-21)23(26)18-6-4-3-5-7-18/h2-15H,1,16H2. The first-order valence-corrected chi connectivity index (χ1v) is 9.03. The quantitative estimate of drug-likeness (QED) is 0.187. The van der Waals surface area contributed by atoms with Crippen LogP contribution in [0.1, 0.15) is 21.5 Å². The van der Waals surface area contributed by atoms with Crippen LogP contribution < -0.4 is 9.47 Å².